The first-order valence-corrected chi connectivity index (χ1v) is 12.6. The first-order chi connectivity index (χ1) is 14.2. The minimum Gasteiger partial charge on any atom is -0.496 e. The van der Waals surface area contributed by atoms with Crippen LogP contribution in [0.2, 0.25) is 0 Å². The monoisotopic (exact) mass is 447 g/mol. The molecular weight excluding hydrogens is 409 g/mol. The average molecular weight is 448 g/mol. The molecule has 0 fully saturated rings. The van der Waals surface area contributed by atoms with Gasteiger partial charge in [-0.2, -0.15) is 0 Å². The van der Waals surface area contributed by atoms with Crippen molar-refractivity contribution in [3.63, 3.8) is 0 Å². The summed E-state index contributed by atoms with van der Waals surface area (Å²) in [6, 6.07) is 14.2. The summed E-state index contributed by atoms with van der Waals surface area (Å²) in [6.45, 7) is 13.3. The first kappa shape index (κ1) is 25.5. The predicted molar refractivity (Wildman–Crippen MR) is 129 cm³/mol. The van der Waals surface area contributed by atoms with E-state index in [1.54, 1.807) is 7.11 Å². The minimum absolute atomic E-state index is 0.181. The smallest absolute Gasteiger partial charge is 0.344 e. The molecule has 0 aromatic heterocycles. The largest absolute Gasteiger partial charge is 0.496 e. The number of aryl methyl sites for hydroxylation is 1. The molecular formula is C25H38NO4P. The third kappa shape index (κ3) is 7.38. The zero-order chi connectivity index (χ0) is 23.4. The first-order valence-electron chi connectivity index (χ1n) is 10.8. The van der Waals surface area contributed by atoms with Gasteiger partial charge >= 0.3 is 7.60 Å². The van der Waals surface area contributed by atoms with Gasteiger partial charge in [0.05, 0.1) is 7.11 Å². The quantitative estimate of drug-likeness (QED) is 0.496. The maximum atomic E-state index is 12.0. The van der Waals surface area contributed by atoms with E-state index < -0.39 is 7.60 Å². The summed E-state index contributed by atoms with van der Waals surface area (Å²) < 4.78 is 17.8. The molecule has 0 saturated carbocycles. The molecule has 2 aromatic rings. The van der Waals surface area contributed by atoms with Crippen LogP contribution in [0.4, 0.5) is 5.69 Å². The second kappa shape index (κ2) is 9.77. The number of hydrogen-bond donors (Lipinski definition) is 2. The van der Waals surface area contributed by atoms with Gasteiger partial charge in [0.15, 0.2) is 0 Å². The van der Waals surface area contributed by atoms with Crippen molar-refractivity contribution in [1.29, 1.82) is 0 Å². The summed E-state index contributed by atoms with van der Waals surface area (Å²) in [7, 11) is -2.55. The molecule has 31 heavy (non-hydrogen) atoms. The van der Waals surface area contributed by atoms with Gasteiger partial charge in [-0.1, -0.05) is 71.9 Å². The van der Waals surface area contributed by atoms with E-state index in [1.165, 1.54) is 5.56 Å². The highest BCUT2D eigenvalue weighted by Gasteiger charge is 2.29. The molecule has 0 aliphatic carbocycles. The molecule has 0 spiro atoms. The van der Waals surface area contributed by atoms with Crippen molar-refractivity contribution in [3.05, 3.63) is 59.2 Å². The molecule has 0 aliphatic heterocycles. The lowest BCUT2D eigenvalue weighted by atomic mass is 9.79. The molecule has 0 aliphatic rings. The van der Waals surface area contributed by atoms with E-state index in [2.05, 4.69) is 53.7 Å². The van der Waals surface area contributed by atoms with Crippen molar-refractivity contribution >= 4 is 13.3 Å². The number of nitrogens with zero attached hydrogens (tertiary/aromatic N) is 1. The van der Waals surface area contributed by atoms with Gasteiger partial charge in [-0.05, 0) is 41.4 Å². The van der Waals surface area contributed by atoms with Crippen LogP contribution >= 0.6 is 7.60 Å². The molecule has 0 heterocycles. The van der Waals surface area contributed by atoms with Crippen molar-refractivity contribution in [1.82, 2.24) is 0 Å². The molecule has 172 valence electrons. The van der Waals surface area contributed by atoms with Gasteiger partial charge in [0.1, 0.15) is 12.0 Å². The molecule has 6 heteroatoms. The number of benzene rings is 2. The van der Waals surface area contributed by atoms with Gasteiger partial charge in [0.25, 0.3) is 0 Å². The number of ether oxygens (including phenoxy) is 1. The number of rotatable bonds is 8. The van der Waals surface area contributed by atoms with Crippen molar-refractivity contribution in [2.45, 2.75) is 65.2 Å². The second-order valence-electron chi connectivity index (χ2n) is 10.2. The van der Waals surface area contributed by atoms with Crippen LogP contribution in [0.25, 0.3) is 0 Å². The molecule has 5 nitrogen and oxygen atoms in total. The van der Waals surface area contributed by atoms with Gasteiger partial charge in [-0.3, -0.25) is 4.57 Å². The Kier molecular flexibility index (Phi) is 8.02. The second-order valence-corrected chi connectivity index (χ2v) is 11.8. The molecule has 2 N–H and O–H groups in total. The van der Waals surface area contributed by atoms with Crippen LogP contribution < -0.4 is 9.64 Å². The van der Waals surface area contributed by atoms with Crippen molar-refractivity contribution < 1.29 is 19.1 Å². The lowest BCUT2D eigenvalue weighted by molar-refractivity contribution is 0.371. The summed E-state index contributed by atoms with van der Waals surface area (Å²) >= 11 is 0. The van der Waals surface area contributed by atoms with Crippen molar-refractivity contribution in [2.24, 2.45) is 0 Å². The van der Waals surface area contributed by atoms with Crippen LogP contribution in [-0.4, -0.2) is 29.7 Å². The van der Waals surface area contributed by atoms with E-state index in [9.17, 15) is 14.4 Å². The summed E-state index contributed by atoms with van der Waals surface area (Å²) in [5, 5.41) is 0. The Morgan fingerprint density at radius 1 is 0.935 bits per heavy atom. The van der Waals surface area contributed by atoms with E-state index in [4.69, 9.17) is 4.74 Å². The van der Waals surface area contributed by atoms with Crippen LogP contribution in [0.5, 0.6) is 5.75 Å². The Bertz CT molecular complexity index is 872. The standard InChI is InChI=1S/C25H38NO4P/c1-24(2,3)21-16-20(17-22(23(21)30-7)25(4,5)6)26(18-31(27,28)29)15-11-14-19-12-9-8-10-13-19/h8-10,12-13,16-17H,11,14-15,18H2,1-7H3,(H2,27,28,29). The van der Waals surface area contributed by atoms with E-state index in [0.717, 1.165) is 35.4 Å². The van der Waals surface area contributed by atoms with E-state index >= 15 is 0 Å². The third-order valence-electron chi connectivity index (χ3n) is 5.35. The minimum atomic E-state index is -4.24. The van der Waals surface area contributed by atoms with E-state index in [1.807, 2.05) is 35.2 Å². The maximum Gasteiger partial charge on any atom is 0.344 e. The molecule has 0 atom stereocenters. The van der Waals surface area contributed by atoms with Gasteiger partial charge < -0.3 is 19.4 Å². The zero-order valence-electron chi connectivity index (χ0n) is 20.0. The van der Waals surface area contributed by atoms with Gasteiger partial charge in [-0.15, -0.1) is 0 Å². The lowest BCUT2D eigenvalue weighted by Crippen LogP contribution is -2.28. The van der Waals surface area contributed by atoms with Gasteiger partial charge in [0.2, 0.25) is 0 Å². The number of methoxy groups -OCH3 is 1. The molecule has 0 amide bonds. The lowest BCUT2D eigenvalue weighted by Gasteiger charge is -2.33. The summed E-state index contributed by atoms with van der Waals surface area (Å²) in [6.07, 6.45) is 1.35. The van der Waals surface area contributed by atoms with Gasteiger partial charge in [0, 0.05) is 23.4 Å². The summed E-state index contributed by atoms with van der Waals surface area (Å²) in [5.41, 5.74) is 3.76. The fourth-order valence-corrected chi connectivity index (χ4v) is 4.50. The van der Waals surface area contributed by atoms with Crippen LogP contribution in [0.15, 0.2) is 42.5 Å². The highest BCUT2D eigenvalue weighted by atomic mass is 31.2. The predicted octanol–water partition coefficient (Wildman–Crippen LogP) is 5.86. The zero-order valence-corrected chi connectivity index (χ0v) is 20.9. The topological polar surface area (TPSA) is 70.0 Å². The highest BCUT2D eigenvalue weighted by molar-refractivity contribution is 7.51. The fraction of sp³-hybridized carbons (Fsp3) is 0.520. The fourth-order valence-electron chi connectivity index (χ4n) is 3.75. The molecule has 0 unspecified atom stereocenters. The number of anilines is 1. The normalized spacial score (nSPS) is 12.7. The van der Waals surface area contributed by atoms with E-state index in [-0.39, 0.29) is 17.1 Å². The Balaban J connectivity index is 2.49. The SMILES string of the molecule is COc1c(C(C)(C)C)cc(N(CCCc2ccccc2)CP(=O)(O)O)cc1C(C)(C)C. The molecule has 0 radical (unpaired) electrons. The van der Waals surface area contributed by atoms with Gasteiger partial charge in [-0.25, -0.2) is 0 Å². The Labute approximate surface area is 187 Å². The average Bonchev–Trinajstić information content (AvgIpc) is 2.64. The number of hydrogen-bond acceptors (Lipinski definition) is 3. The third-order valence-corrected chi connectivity index (χ3v) is 6.06. The Morgan fingerprint density at radius 3 is 1.87 bits per heavy atom. The van der Waals surface area contributed by atoms with Crippen LogP contribution in [0.1, 0.15) is 64.7 Å². The van der Waals surface area contributed by atoms with Crippen LogP contribution in [0, 0.1) is 0 Å². The highest BCUT2D eigenvalue weighted by Crippen LogP contribution is 2.44. The molecule has 2 rings (SSSR count). The van der Waals surface area contributed by atoms with Crippen molar-refractivity contribution in [3.8, 4) is 5.75 Å². The summed E-state index contributed by atoms with van der Waals surface area (Å²) in [4.78, 5) is 21.4. The van der Waals surface area contributed by atoms with Crippen molar-refractivity contribution in [2.75, 3.05) is 24.8 Å². The Morgan fingerprint density at radius 2 is 1.45 bits per heavy atom. The van der Waals surface area contributed by atoms with E-state index in [0.29, 0.717) is 6.54 Å². The van der Waals surface area contributed by atoms with Crippen LogP contribution in [0.3, 0.4) is 0 Å². The molecule has 2 aromatic carbocycles. The maximum absolute atomic E-state index is 12.0. The summed E-state index contributed by atoms with van der Waals surface area (Å²) in [5.74, 6) is 0.851. The molecule has 0 bridgehead atoms. The van der Waals surface area contributed by atoms with Crippen LogP contribution in [-0.2, 0) is 21.8 Å². The molecule has 0 saturated heterocycles. The Hall–Kier alpha value is -1.81.